The van der Waals surface area contributed by atoms with Gasteiger partial charge in [-0.25, -0.2) is 14.4 Å². The molecule has 0 unspecified atom stereocenters. The van der Waals surface area contributed by atoms with Crippen molar-refractivity contribution in [2.24, 2.45) is 0 Å². The van der Waals surface area contributed by atoms with Gasteiger partial charge < -0.3 is 15.3 Å². The molecule has 0 saturated heterocycles. The van der Waals surface area contributed by atoms with Gasteiger partial charge in [0.15, 0.2) is 5.65 Å². The molecule has 3 aromatic heterocycles. The van der Waals surface area contributed by atoms with Crippen LogP contribution in [0, 0.1) is 5.82 Å². The summed E-state index contributed by atoms with van der Waals surface area (Å²) in [6.45, 7) is 2.23. The molecule has 0 aliphatic rings. The first kappa shape index (κ1) is 18.7. The third kappa shape index (κ3) is 3.81. The molecule has 28 heavy (non-hydrogen) atoms. The van der Waals surface area contributed by atoms with E-state index in [4.69, 9.17) is 11.6 Å². The van der Waals surface area contributed by atoms with Gasteiger partial charge in [-0.15, -0.1) is 0 Å². The smallest absolute Gasteiger partial charge is 0.233 e. The highest BCUT2D eigenvalue weighted by Gasteiger charge is 2.18. The van der Waals surface area contributed by atoms with Crippen LogP contribution in [0.1, 0.15) is 12.5 Å². The number of hydrogen-bond acceptors (Lipinski definition) is 5. The van der Waals surface area contributed by atoms with E-state index in [9.17, 15) is 9.18 Å². The first-order valence-corrected chi connectivity index (χ1v) is 9.83. The van der Waals surface area contributed by atoms with Gasteiger partial charge in [0, 0.05) is 23.6 Å². The number of aromatic amines is 2. The Hall–Kier alpha value is -2.65. The SMILES string of the molecule is C[C@@H](Sc1nc(Cl)nc2nc[nH]c12)C(=O)NCCc1c[nH]c2ccc(F)cc12. The molecule has 0 radical (unpaired) electrons. The van der Waals surface area contributed by atoms with Gasteiger partial charge in [0.1, 0.15) is 16.4 Å². The predicted octanol–water partition coefficient (Wildman–Crippen LogP) is 3.47. The molecule has 10 heteroatoms. The van der Waals surface area contributed by atoms with E-state index in [1.165, 1.54) is 30.2 Å². The van der Waals surface area contributed by atoms with Crippen LogP contribution in [0.2, 0.25) is 5.28 Å². The van der Waals surface area contributed by atoms with Crippen LogP contribution < -0.4 is 5.32 Å². The third-order valence-corrected chi connectivity index (χ3v) is 5.56. The summed E-state index contributed by atoms with van der Waals surface area (Å²) in [6, 6.07) is 4.61. The van der Waals surface area contributed by atoms with Crippen molar-refractivity contribution >= 4 is 51.3 Å². The highest BCUT2D eigenvalue weighted by molar-refractivity contribution is 8.00. The van der Waals surface area contributed by atoms with Crippen molar-refractivity contribution in [2.75, 3.05) is 6.54 Å². The lowest BCUT2D eigenvalue weighted by Gasteiger charge is -2.12. The van der Waals surface area contributed by atoms with E-state index in [1.807, 2.05) is 6.20 Å². The third-order valence-electron chi connectivity index (χ3n) is 4.31. The summed E-state index contributed by atoms with van der Waals surface area (Å²) >= 11 is 7.20. The van der Waals surface area contributed by atoms with Crippen molar-refractivity contribution in [1.82, 2.24) is 30.2 Å². The van der Waals surface area contributed by atoms with E-state index in [1.54, 1.807) is 13.0 Å². The Bertz CT molecular complexity index is 1160. The van der Waals surface area contributed by atoms with Gasteiger partial charge in [-0.05, 0) is 48.7 Å². The van der Waals surface area contributed by atoms with Crippen molar-refractivity contribution in [2.45, 2.75) is 23.6 Å². The zero-order chi connectivity index (χ0) is 19.7. The number of thioether (sulfide) groups is 1. The van der Waals surface area contributed by atoms with E-state index in [-0.39, 0.29) is 17.0 Å². The molecule has 0 fully saturated rings. The van der Waals surface area contributed by atoms with Gasteiger partial charge >= 0.3 is 0 Å². The summed E-state index contributed by atoms with van der Waals surface area (Å²) in [5.41, 5.74) is 2.93. The quantitative estimate of drug-likeness (QED) is 0.253. The van der Waals surface area contributed by atoms with Crippen LogP contribution in [0.4, 0.5) is 4.39 Å². The van der Waals surface area contributed by atoms with Crippen LogP contribution in [-0.2, 0) is 11.2 Å². The van der Waals surface area contributed by atoms with Crippen LogP contribution in [0.5, 0.6) is 0 Å². The first-order chi connectivity index (χ1) is 13.5. The molecule has 0 spiro atoms. The van der Waals surface area contributed by atoms with Gasteiger partial charge in [0.2, 0.25) is 11.2 Å². The fraction of sp³-hybridized carbons (Fsp3) is 0.222. The summed E-state index contributed by atoms with van der Waals surface area (Å²) in [5, 5.41) is 4.00. The second-order valence-corrected chi connectivity index (χ2v) is 7.87. The summed E-state index contributed by atoms with van der Waals surface area (Å²) in [4.78, 5) is 30.8. The Morgan fingerprint density at radius 1 is 1.36 bits per heavy atom. The lowest BCUT2D eigenvalue weighted by atomic mass is 10.1. The molecule has 3 heterocycles. The monoisotopic (exact) mass is 418 g/mol. The van der Waals surface area contributed by atoms with Gasteiger partial charge in [0.25, 0.3) is 0 Å². The molecule has 0 aliphatic carbocycles. The number of nitrogens with zero attached hydrogens (tertiary/aromatic N) is 3. The van der Waals surface area contributed by atoms with Crippen molar-refractivity contribution < 1.29 is 9.18 Å². The number of halogens is 2. The zero-order valence-electron chi connectivity index (χ0n) is 14.8. The van der Waals surface area contributed by atoms with E-state index in [2.05, 4.69) is 30.2 Å². The number of fused-ring (bicyclic) bond motifs is 2. The molecule has 0 bridgehead atoms. The number of rotatable bonds is 6. The Kier molecular flexibility index (Phi) is 5.19. The van der Waals surface area contributed by atoms with Crippen LogP contribution in [0.15, 0.2) is 35.7 Å². The molecule has 144 valence electrons. The van der Waals surface area contributed by atoms with Crippen LogP contribution in [-0.4, -0.2) is 42.6 Å². The molecule has 7 nitrogen and oxygen atoms in total. The number of hydrogen-bond donors (Lipinski definition) is 3. The molecule has 1 amide bonds. The molecule has 4 aromatic rings. The molecule has 0 aliphatic heterocycles. The number of carbonyl (C=O) groups is 1. The fourth-order valence-corrected chi connectivity index (χ4v) is 4.06. The number of amides is 1. The topological polar surface area (TPSA) is 99.3 Å². The number of nitrogens with one attached hydrogen (secondary N) is 3. The number of imidazole rings is 1. The lowest BCUT2D eigenvalue weighted by molar-refractivity contribution is -0.120. The predicted molar refractivity (Wildman–Crippen MR) is 107 cm³/mol. The standard InChI is InChI=1S/C18H16ClFN6OS/c1-9(28-17-14-15(24-8-23-14)25-18(19)26-17)16(27)21-5-4-10-7-22-13-3-2-11(20)6-12(10)13/h2-3,6-9,22H,4-5H2,1H3,(H,21,27)(H,23,24,25,26)/t9-/m1/s1. The van der Waals surface area contributed by atoms with Crippen LogP contribution in [0.25, 0.3) is 22.1 Å². The number of carbonyl (C=O) groups excluding carboxylic acids is 1. The normalized spacial score (nSPS) is 12.5. The highest BCUT2D eigenvalue weighted by atomic mass is 35.5. The van der Waals surface area contributed by atoms with E-state index in [0.717, 1.165) is 16.5 Å². The minimum Gasteiger partial charge on any atom is -0.361 e. The second kappa shape index (κ2) is 7.76. The van der Waals surface area contributed by atoms with Crippen LogP contribution in [0.3, 0.4) is 0 Å². The number of aromatic nitrogens is 5. The average molecular weight is 419 g/mol. The molecule has 4 rings (SSSR count). The minimum absolute atomic E-state index is 0.0845. The largest absolute Gasteiger partial charge is 0.361 e. The Balaban J connectivity index is 1.38. The van der Waals surface area contributed by atoms with Gasteiger partial charge in [-0.1, -0.05) is 11.8 Å². The van der Waals surface area contributed by atoms with Gasteiger partial charge in [-0.3, -0.25) is 4.79 Å². The molecular formula is C18H16ClFN6OS. The fourth-order valence-electron chi connectivity index (χ4n) is 2.91. The van der Waals surface area contributed by atoms with Gasteiger partial charge in [-0.2, -0.15) is 4.98 Å². The average Bonchev–Trinajstić information content (AvgIpc) is 3.28. The summed E-state index contributed by atoms with van der Waals surface area (Å²) < 4.78 is 13.5. The maximum Gasteiger partial charge on any atom is 0.233 e. The van der Waals surface area contributed by atoms with E-state index >= 15 is 0 Å². The van der Waals surface area contributed by atoms with Crippen molar-refractivity contribution in [1.29, 1.82) is 0 Å². The second-order valence-electron chi connectivity index (χ2n) is 6.20. The molecule has 1 aromatic carbocycles. The maximum atomic E-state index is 13.5. The molecule has 3 N–H and O–H groups in total. The summed E-state index contributed by atoms with van der Waals surface area (Å²) in [7, 11) is 0. The van der Waals surface area contributed by atoms with Crippen LogP contribution >= 0.6 is 23.4 Å². The molecule has 0 saturated carbocycles. The maximum absolute atomic E-state index is 13.5. The van der Waals surface area contributed by atoms with Crippen molar-refractivity contribution in [3.63, 3.8) is 0 Å². The Labute approximate surface area is 168 Å². The number of H-pyrrole nitrogens is 2. The summed E-state index contributed by atoms with van der Waals surface area (Å²) in [6.07, 6.45) is 3.94. The van der Waals surface area contributed by atoms with E-state index in [0.29, 0.717) is 29.2 Å². The van der Waals surface area contributed by atoms with Crippen molar-refractivity contribution in [3.8, 4) is 0 Å². The molecule has 1 atom stereocenters. The highest BCUT2D eigenvalue weighted by Crippen LogP contribution is 2.28. The van der Waals surface area contributed by atoms with Crippen molar-refractivity contribution in [3.05, 3.63) is 47.4 Å². The summed E-state index contributed by atoms with van der Waals surface area (Å²) in [5.74, 6) is -0.408. The minimum atomic E-state index is -0.391. The zero-order valence-corrected chi connectivity index (χ0v) is 16.4. The first-order valence-electron chi connectivity index (χ1n) is 8.58. The van der Waals surface area contributed by atoms with E-state index < -0.39 is 5.25 Å². The Morgan fingerprint density at radius 3 is 3.07 bits per heavy atom. The lowest BCUT2D eigenvalue weighted by Crippen LogP contribution is -2.32. The molecular weight excluding hydrogens is 403 g/mol. The number of benzene rings is 1. The Morgan fingerprint density at radius 2 is 2.21 bits per heavy atom. The van der Waals surface area contributed by atoms with Gasteiger partial charge in [0.05, 0.1) is 11.6 Å².